The Labute approximate surface area is 132 Å². The fraction of sp³-hybridized carbons (Fsp3) is 0.500. The molecule has 4 nitrogen and oxygen atoms in total. The molecule has 0 saturated carbocycles. The monoisotopic (exact) mass is 361 g/mol. The summed E-state index contributed by atoms with van der Waals surface area (Å²) in [5.41, 5.74) is 0.527. The van der Waals surface area contributed by atoms with Gasteiger partial charge in [0, 0.05) is 23.4 Å². The van der Waals surface area contributed by atoms with Crippen molar-refractivity contribution in [3.63, 3.8) is 0 Å². The van der Waals surface area contributed by atoms with Gasteiger partial charge in [-0.1, -0.05) is 27.5 Å². The molecule has 1 aromatic carbocycles. The fourth-order valence-electron chi connectivity index (χ4n) is 2.31. The number of methoxy groups -OCH3 is 1. The van der Waals surface area contributed by atoms with Crippen molar-refractivity contribution in [2.24, 2.45) is 0 Å². The van der Waals surface area contributed by atoms with E-state index in [0.717, 1.165) is 0 Å². The van der Waals surface area contributed by atoms with Gasteiger partial charge in [0.1, 0.15) is 5.75 Å². The Hall–Kier alpha value is -0.780. The van der Waals surface area contributed by atoms with Crippen molar-refractivity contribution in [3.8, 4) is 5.75 Å². The summed E-state index contributed by atoms with van der Waals surface area (Å²) in [4.78, 5) is 14.4. The highest BCUT2D eigenvalue weighted by Crippen LogP contribution is 2.25. The number of nitrogens with zero attached hydrogens (tertiary/aromatic N) is 1. The lowest BCUT2D eigenvalue weighted by Crippen LogP contribution is -2.49. The molecule has 0 aromatic heterocycles. The number of halogens is 2. The van der Waals surface area contributed by atoms with Gasteiger partial charge in [-0.2, -0.15) is 0 Å². The lowest BCUT2D eigenvalue weighted by atomic mass is 10.1. The summed E-state index contributed by atoms with van der Waals surface area (Å²) in [6.07, 6.45) is 0.0366. The molecule has 2 atom stereocenters. The Morgan fingerprint density at radius 2 is 2.30 bits per heavy atom. The topological polar surface area (TPSA) is 38.8 Å². The Morgan fingerprint density at radius 1 is 1.55 bits per heavy atom. The molecule has 0 N–H and O–H groups in total. The first-order valence-corrected chi connectivity index (χ1v) is 7.89. The van der Waals surface area contributed by atoms with Crippen molar-refractivity contribution in [1.29, 1.82) is 0 Å². The molecule has 1 fully saturated rings. The molecule has 0 spiro atoms. The number of ether oxygens (including phenoxy) is 2. The minimum Gasteiger partial charge on any atom is -0.496 e. The van der Waals surface area contributed by atoms with Gasteiger partial charge in [-0.25, -0.2) is 0 Å². The second-order valence-corrected chi connectivity index (χ2v) is 5.86. The normalized spacial score (nSPS) is 22.7. The molecular weight excluding hydrogens is 346 g/mol. The third-order valence-corrected chi connectivity index (χ3v) is 4.14. The maximum atomic E-state index is 12.6. The molecule has 6 heteroatoms. The third kappa shape index (κ3) is 3.45. The summed E-state index contributed by atoms with van der Waals surface area (Å²) in [5, 5.41) is 1.26. The van der Waals surface area contributed by atoms with Crippen LogP contribution in [0.15, 0.2) is 18.2 Å². The molecule has 1 saturated heterocycles. The Balaban J connectivity index is 2.22. The Bertz CT molecular complexity index is 497. The number of carbonyl (C=O) groups is 1. The molecule has 20 heavy (non-hydrogen) atoms. The fourth-order valence-corrected chi connectivity index (χ4v) is 2.83. The maximum Gasteiger partial charge on any atom is 0.257 e. The molecule has 1 amide bonds. The molecule has 1 heterocycles. The first-order valence-electron chi connectivity index (χ1n) is 6.39. The van der Waals surface area contributed by atoms with Crippen molar-refractivity contribution in [2.75, 3.05) is 25.5 Å². The summed E-state index contributed by atoms with van der Waals surface area (Å²) in [5.74, 6) is 0.441. The van der Waals surface area contributed by atoms with Gasteiger partial charge in [0.2, 0.25) is 0 Å². The highest BCUT2D eigenvalue weighted by molar-refractivity contribution is 9.09. The summed E-state index contributed by atoms with van der Waals surface area (Å²) in [7, 11) is 1.53. The Kier molecular flexibility index (Phi) is 5.29. The first-order chi connectivity index (χ1) is 9.55. The minimum atomic E-state index is -0.0559. The zero-order chi connectivity index (χ0) is 14.7. The Morgan fingerprint density at radius 3 is 2.95 bits per heavy atom. The molecule has 2 unspecified atom stereocenters. The minimum absolute atomic E-state index is 0.0148. The molecule has 0 bridgehead atoms. The van der Waals surface area contributed by atoms with E-state index in [0.29, 0.717) is 34.8 Å². The SMILES string of the molecule is COc1cc(Cl)ccc1C(=O)N1CC(C)OC(CBr)C1. The van der Waals surface area contributed by atoms with Crippen LogP contribution >= 0.6 is 27.5 Å². The number of benzene rings is 1. The lowest BCUT2D eigenvalue weighted by molar-refractivity contribution is -0.0560. The number of rotatable bonds is 3. The van der Waals surface area contributed by atoms with E-state index in [-0.39, 0.29) is 18.1 Å². The standard InChI is InChI=1S/C14H17BrClNO3/c1-9-7-17(8-11(6-15)20-9)14(18)12-4-3-10(16)5-13(12)19-2/h3-5,9,11H,6-8H2,1-2H3. The average Bonchev–Trinajstić information content (AvgIpc) is 2.45. The van der Waals surface area contributed by atoms with Crippen molar-refractivity contribution in [1.82, 2.24) is 4.90 Å². The largest absolute Gasteiger partial charge is 0.496 e. The van der Waals surface area contributed by atoms with Crippen LogP contribution < -0.4 is 4.74 Å². The highest BCUT2D eigenvalue weighted by Gasteiger charge is 2.29. The van der Waals surface area contributed by atoms with Gasteiger partial charge >= 0.3 is 0 Å². The quantitative estimate of drug-likeness (QED) is 0.776. The smallest absolute Gasteiger partial charge is 0.257 e. The number of carbonyl (C=O) groups excluding carboxylic acids is 1. The van der Waals surface area contributed by atoms with E-state index >= 15 is 0 Å². The van der Waals surface area contributed by atoms with Crippen LogP contribution in [-0.4, -0.2) is 48.5 Å². The lowest BCUT2D eigenvalue weighted by Gasteiger charge is -2.36. The van der Waals surface area contributed by atoms with Crippen LogP contribution in [-0.2, 0) is 4.74 Å². The summed E-state index contributed by atoms with van der Waals surface area (Å²) in [6.45, 7) is 3.11. The van der Waals surface area contributed by atoms with E-state index in [2.05, 4.69) is 15.9 Å². The van der Waals surface area contributed by atoms with Gasteiger partial charge < -0.3 is 14.4 Å². The number of hydrogen-bond donors (Lipinski definition) is 0. The van der Waals surface area contributed by atoms with Crippen LogP contribution in [0.3, 0.4) is 0 Å². The number of amides is 1. The number of hydrogen-bond acceptors (Lipinski definition) is 3. The van der Waals surface area contributed by atoms with E-state index in [1.165, 1.54) is 7.11 Å². The molecule has 1 aliphatic heterocycles. The summed E-state index contributed by atoms with van der Waals surface area (Å²) < 4.78 is 11.0. The van der Waals surface area contributed by atoms with E-state index in [9.17, 15) is 4.79 Å². The van der Waals surface area contributed by atoms with Crippen molar-refractivity contribution in [3.05, 3.63) is 28.8 Å². The van der Waals surface area contributed by atoms with Gasteiger partial charge in [0.05, 0.1) is 24.9 Å². The van der Waals surface area contributed by atoms with E-state index in [1.54, 1.807) is 23.1 Å². The molecule has 1 aliphatic rings. The van der Waals surface area contributed by atoms with Crippen LogP contribution in [0.1, 0.15) is 17.3 Å². The van der Waals surface area contributed by atoms with E-state index < -0.39 is 0 Å². The second-order valence-electron chi connectivity index (χ2n) is 4.78. The van der Waals surface area contributed by atoms with Gasteiger partial charge in [0.25, 0.3) is 5.91 Å². The highest BCUT2D eigenvalue weighted by atomic mass is 79.9. The van der Waals surface area contributed by atoms with Crippen molar-refractivity contribution >= 4 is 33.4 Å². The number of alkyl halides is 1. The molecular formula is C14H17BrClNO3. The predicted octanol–water partition coefficient (Wildman–Crippen LogP) is 2.97. The molecule has 0 radical (unpaired) electrons. The van der Waals surface area contributed by atoms with Gasteiger partial charge in [0.15, 0.2) is 0 Å². The molecule has 0 aliphatic carbocycles. The van der Waals surface area contributed by atoms with Crippen LogP contribution in [0.2, 0.25) is 5.02 Å². The van der Waals surface area contributed by atoms with Gasteiger partial charge in [-0.15, -0.1) is 0 Å². The van der Waals surface area contributed by atoms with Crippen LogP contribution in [0, 0.1) is 0 Å². The van der Waals surface area contributed by atoms with Crippen LogP contribution in [0.25, 0.3) is 0 Å². The van der Waals surface area contributed by atoms with Gasteiger partial charge in [-0.05, 0) is 25.1 Å². The third-order valence-electron chi connectivity index (χ3n) is 3.18. The maximum absolute atomic E-state index is 12.6. The zero-order valence-corrected chi connectivity index (χ0v) is 13.8. The van der Waals surface area contributed by atoms with Crippen molar-refractivity contribution < 1.29 is 14.3 Å². The zero-order valence-electron chi connectivity index (χ0n) is 11.4. The second kappa shape index (κ2) is 6.78. The molecule has 2 rings (SSSR count). The first kappa shape index (κ1) is 15.6. The molecule has 110 valence electrons. The van der Waals surface area contributed by atoms with E-state index in [1.807, 2.05) is 6.92 Å². The predicted molar refractivity (Wildman–Crippen MR) is 82.0 cm³/mol. The molecule has 1 aromatic rings. The van der Waals surface area contributed by atoms with Crippen molar-refractivity contribution in [2.45, 2.75) is 19.1 Å². The van der Waals surface area contributed by atoms with Crippen LogP contribution in [0.4, 0.5) is 0 Å². The average molecular weight is 363 g/mol. The van der Waals surface area contributed by atoms with Gasteiger partial charge in [-0.3, -0.25) is 4.79 Å². The summed E-state index contributed by atoms with van der Waals surface area (Å²) >= 11 is 9.33. The summed E-state index contributed by atoms with van der Waals surface area (Å²) in [6, 6.07) is 5.05. The number of morpholine rings is 1. The van der Waals surface area contributed by atoms with Crippen LogP contribution in [0.5, 0.6) is 5.75 Å². The van der Waals surface area contributed by atoms with E-state index in [4.69, 9.17) is 21.1 Å².